The first kappa shape index (κ1) is 14.8. The van der Waals surface area contributed by atoms with Crippen molar-refractivity contribution in [3.8, 4) is 6.07 Å². The minimum Gasteiger partial charge on any atom is -0.395 e. The Bertz CT molecular complexity index is 424. The standard InChI is InChI=1S/C14H19ClN2O/c1-3-12(4-2)17(7-8-18)13-6-5-11(10-16)14(15)9-13/h5-6,9,12,18H,3-4,7-8H2,1-2H3. The minimum absolute atomic E-state index is 0.105. The number of aliphatic hydroxyl groups is 1. The van der Waals surface area contributed by atoms with E-state index in [1.165, 1.54) is 0 Å². The van der Waals surface area contributed by atoms with Gasteiger partial charge in [0.1, 0.15) is 6.07 Å². The lowest BCUT2D eigenvalue weighted by Gasteiger charge is -2.32. The second kappa shape index (κ2) is 7.25. The minimum atomic E-state index is 0.105. The van der Waals surface area contributed by atoms with Gasteiger partial charge >= 0.3 is 0 Å². The number of nitriles is 1. The van der Waals surface area contributed by atoms with Gasteiger partial charge in [0.25, 0.3) is 0 Å². The van der Waals surface area contributed by atoms with Gasteiger partial charge in [0.05, 0.1) is 17.2 Å². The maximum atomic E-state index is 9.18. The third-order valence-corrected chi connectivity index (χ3v) is 3.44. The van der Waals surface area contributed by atoms with Gasteiger partial charge in [0.2, 0.25) is 0 Å². The third kappa shape index (κ3) is 3.38. The first-order chi connectivity index (χ1) is 8.67. The number of anilines is 1. The van der Waals surface area contributed by atoms with Gasteiger partial charge in [-0.15, -0.1) is 0 Å². The molecule has 1 aromatic rings. The second-order valence-electron chi connectivity index (χ2n) is 4.16. The summed E-state index contributed by atoms with van der Waals surface area (Å²) < 4.78 is 0. The van der Waals surface area contributed by atoms with Crippen LogP contribution in [0.25, 0.3) is 0 Å². The number of hydrogen-bond acceptors (Lipinski definition) is 3. The Kier molecular flexibility index (Phi) is 5.97. The van der Waals surface area contributed by atoms with Crippen LogP contribution in [-0.4, -0.2) is 24.3 Å². The van der Waals surface area contributed by atoms with Crippen molar-refractivity contribution in [1.82, 2.24) is 0 Å². The first-order valence-corrected chi connectivity index (χ1v) is 6.62. The van der Waals surface area contributed by atoms with E-state index in [9.17, 15) is 5.11 Å². The molecule has 0 unspecified atom stereocenters. The van der Waals surface area contributed by atoms with Crippen LogP contribution in [0.2, 0.25) is 5.02 Å². The number of aliphatic hydroxyl groups excluding tert-OH is 1. The summed E-state index contributed by atoms with van der Waals surface area (Å²) in [6, 6.07) is 7.84. The summed E-state index contributed by atoms with van der Waals surface area (Å²) >= 11 is 6.05. The molecule has 0 aromatic heterocycles. The molecule has 1 N–H and O–H groups in total. The monoisotopic (exact) mass is 266 g/mol. The van der Waals surface area contributed by atoms with E-state index in [0.717, 1.165) is 18.5 Å². The van der Waals surface area contributed by atoms with Crippen molar-refractivity contribution in [3.63, 3.8) is 0 Å². The van der Waals surface area contributed by atoms with Crippen LogP contribution < -0.4 is 4.90 Å². The highest BCUT2D eigenvalue weighted by molar-refractivity contribution is 6.32. The van der Waals surface area contributed by atoms with E-state index in [-0.39, 0.29) is 6.61 Å². The number of benzene rings is 1. The van der Waals surface area contributed by atoms with Crippen LogP contribution in [0, 0.1) is 11.3 Å². The molecule has 0 aliphatic rings. The van der Waals surface area contributed by atoms with E-state index >= 15 is 0 Å². The average molecular weight is 267 g/mol. The summed E-state index contributed by atoms with van der Waals surface area (Å²) in [5.74, 6) is 0. The zero-order valence-electron chi connectivity index (χ0n) is 10.9. The maximum Gasteiger partial charge on any atom is 0.101 e. The molecule has 0 saturated carbocycles. The molecule has 0 saturated heterocycles. The average Bonchev–Trinajstić information content (AvgIpc) is 2.39. The van der Waals surface area contributed by atoms with Crippen molar-refractivity contribution in [3.05, 3.63) is 28.8 Å². The van der Waals surface area contributed by atoms with Crippen LogP contribution in [-0.2, 0) is 0 Å². The second-order valence-corrected chi connectivity index (χ2v) is 4.57. The van der Waals surface area contributed by atoms with E-state index < -0.39 is 0 Å². The number of halogens is 1. The lowest BCUT2D eigenvalue weighted by Crippen LogP contribution is -2.36. The summed E-state index contributed by atoms with van der Waals surface area (Å²) in [6.07, 6.45) is 2.02. The van der Waals surface area contributed by atoms with E-state index in [1.807, 2.05) is 6.07 Å². The lowest BCUT2D eigenvalue weighted by molar-refractivity contribution is 0.296. The molecule has 0 heterocycles. The molecule has 3 nitrogen and oxygen atoms in total. The van der Waals surface area contributed by atoms with Crippen molar-refractivity contribution in [2.24, 2.45) is 0 Å². The number of hydrogen-bond donors (Lipinski definition) is 1. The molecule has 1 rings (SSSR count). The molecule has 0 aliphatic carbocycles. The fourth-order valence-electron chi connectivity index (χ4n) is 2.13. The highest BCUT2D eigenvalue weighted by Gasteiger charge is 2.16. The summed E-state index contributed by atoms with van der Waals surface area (Å²) in [4.78, 5) is 2.15. The van der Waals surface area contributed by atoms with Crippen LogP contribution >= 0.6 is 11.6 Å². The van der Waals surface area contributed by atoms with Crippen molar-refractivity contribution in [2.45, 2.75) is 32.7 Å². The molecule has 0 aliphatic heterocycles. The Labute approximate surface area is 114 Å². The van der Waals surface area contributed by atoms with Gasteiger partial charge in [-0.2, -0.15) is 5.26 Å². The topological polar surface area (TPSA) is 47.3 Å². The lowest BCUT2D eigenvalue weighted by atomic mass is 10.1. The van der Waals surface area contributed by atoms with Gasteiger partial charge in [-0.25, -0.2) is 0 Å². The van der Waals surface area contributed by atoms with Gasteiger partial charge in [-0.1, -0.05) is 25.4 Å². The summed E-state index contributed by atoms with van der Waals surface area (Å²) in [5, 5.41) is 18.5. The SMILES string of the molecule is CCC(CC)N(CCO)c1ccc(C#N)c(Cl)c1. The van der Waals surface area contributed by atoms with Gasteiger partial charge in [-0.3, -0.25) is 0 Å². The molecule has 0 amide bonds. The predicted octanol–water partition coefficient (Wildman–Crippen LogP) is 3.20. The Hall–Kier alpha value is -1.24. The zero-order valence-corrected chi connectivity index (χ0v) is 11.6. The van der Waals surface area contributed by atoms with Gasteiger partial charge in [0.15, 0.2) is 0 Å². The highest BCUT2D eigenvalue weighted by atomic mass is 35.5. The van der Waals surface area contributed by atoms with Crippen molar-refractivity contribution in [2.75, 3.05) is 18.1 Å². The van der Waals surface area contributed by atoms with E-state index in [1.54, 1.807) is 12.1 Å². The van der Waals surface area contributed by atoms with E-state index in [2.05, 4.69) is 24.8 Å². The normalized spacial score (nSPS) is 10.4. The smallest absolute Gasteiger partial charge is 0.101 e. The molecule has 0 bridgehead atoms. The number of nitrogens with zero attached hydrogens (tertiary/aromatic N) is 2. The Balaban J connectivity index is 3.06. The van der Waals surface area contributed by atoms with E-state index in [0.29, 0.717) is 23.2 Å². The molecule has 0 atom stereocenters. The largest absolute Gasteiger partial charge is 0.395 e. The molecule has 98 valence electrons. The Morgan fingerprint density at radius 2 is 2.06 bits per heavy atom. The van der Waals surface area contributed by atoms with Gasteiger partial charge in [0, 0.05) is 18.3 Å². The molecular formula is C14H19ClN2O. The zero-order chi connectivity index (χ0) is 13.5. The quantitative estimate of drug-likeness (QED) is 0.860. The first-order valence-electron chi connectivity index (χ1n) is 6.25. The van der Waals surface area contributed by atoms with Crippen molar-refractivity contribution < 1.29 is 5.11 Å². The predicted molar refractivity (Wildman–Crippen MR) is 75.0 cm³/mol. The molecule has 4 heteroatoms. The summed E-state index contributed by atoms with van der Waals surface area (Å²) in [7, 11) is 0. The number of rotatable bonds is 6. The van der Waals surface area contributed by atoms with Crippen LogP contribution in [0.3, 0.4) is 0 Å². The van der Waals surface area contributed by atoms with Crippen molar-refractivity contribution >= 4 is 17.3 Å². The third-order valence-electron chi connectivity index (χ3n) is 3.13. The summed E-state index contributed by atoms with van der Waals surface area (Å²) in [6.45, 7) is 4.94. The van der Waals surface area contributed by atoms with Crippen LogP contribution in [0.1, 0.15) is 32.3 Å². The molecule has 1 aromatic carbocycles. The Morgan fingerprint density at radius 1 is 1.39 bits per heavy atom. The fraction of sp³-hybridized carbons (Fsp3) is 0.500. The highest BCUT2D eigenvalue weighted by Crippen LogP contribution is 2.26. The molecule has 0 spiro atoms. The molecule has 0 radical (unpaired) electrons. The van der Waals surface area contributed by atoms with Crippen LogP contribution in [0.5, 0.6) is 0 Å². The maximum absolute atomic E-state index is 9.18. The van der Waals surface area contributed by atoms with Crippen LogP contribution in [0.15, 0.2) is 18.2 Å². The van der Waals surface area contributed by atoms with Gasteiger partial charge < -0.3 is 10.0 Å². The molecular weight excluding hydrogens is 248 g/mol. The summed E-state index contributed by atoms with van der Waals surface area (Å²) in [5.41, 5.74) is 1.44. The van der Waals surface area contributed by atoms with Crippen LogP contribution in [0.4, 0.5) is 5.69 Å². The Morgan fingerprint density at radius 3 is 2.50 bits per heavy atom. The van der Waals surface area contributed by atoms with Gasteiger partial charge in [-0.05, 0) is 31.0 Å². The molecule has 18 heavy (non-hydrogen) atoms. The van der Waals surface area contributed by atoms with Crippen molar-refractivity contribution in [1.29, 1.82) is 5.26 Å². The van der Waals surface area contributed by atoms with E-state index in [4.69, 9.17) is 16.9 Å². The fourth-order valence-corrected chi connectivity index (χ4v) is 2.35. The molecule has 0 fully saturated rings.